The highest BCUT2D eigenvalue weighted by atomic mass is 15.2. The largest absolute Gasteiger partial charge is 0.307 e. The SMILES string of the molecule is C.c1ccc(-c2nc(Nc3cc(C4CC4)[nH]n3)nc(-c3ccccc3)n2)cc1. The first-order valence-corrected chi connectivity index (χ1v) is 9.04. The Morgan fingerprint density at radius 1 is 0.786 bits per heavy atom. The van der Waals surface area contributed by atoms with Crippen molar-refractivity contribution >= 4 is 11.8 Å². The van der Waals surface area contributed by atoms with Crippen molar-refractivity contribution in [2.45, 2.75) is 26.2 Å². The molecule has 0 bridgehead atoms. The Kier molecular flexibility index (Phi) is 4.85. The second kappa shape index (κ2) is 7.60. The Bertz CT molecular complexity index is 997. The van der Waals surface area contributed by atoms with Crippen LogP contribution in [-0.4, -0.2) is 25.1 Å². The van der Waals surface area contributed by atoms with Crippen molar-refractivity contribution in [2.75, 3.05) is 5.32 Å². The van der Waals surface area contributed by atoms with Gasteiger partial charge in [0.2, 0.25) is 5.95 Å². The van der Waals surface area contributed by atoms with Crippen LogP contribution in [-0.2, 0) is 0 Å². The van der Waals surface area contributed by atoms with E-state index in [0.29, 0.717) is 23.5 Å². The van der Waals surface area contributed by atoms with E-state index in [9.17, 15) is 0 Å². The molecule has 28 heavy (non-hydrogen) atoms. The van der Waals surface area contributed by atoms with Gasteiger partial charge in [0.05, 0.1) is 0 Å². The van der Waals surface area contributed by atoms with Crippen LogP contribution in [0.25, 0.3) is 22.8 Å². The summed E-state index contributed by atoms with van der Waals surface area (Å²) < 4.78 is 0. The summed E-state index contributed by atoms with van der Waals surface area (Å²) in [6.45, 7) is 0. The van der Waals surface area contributed by atoms with Gasteiger partial charge in [0.1, 0.15) is 0 Å². The van der Waals surface area contributed by atoms with Gasteiger partial charge in [0.25, 0.3) is 0 Å². The van der Waals surface area contributed by atoms with Crippen LogP contribution in [0.4, 0.5) is 11.8 Å². The van der Waals surface area contributed by atoms with Gasteiger partial charge in [0, 0.05) is 28.8 Å². The topological polar surface area (TPSA) is 79.4 Å². The highest BCUT2D eigenvalue weighted by molar-refractivity contribution is 5.64. The second-order valence-corrected chi connectivity index (χ2v) is 6.65. The van der Waals surface area contributed by atoms with Crippen molar-refractivity contribution in [2.24, 2.45) is 0 Å². The lowest BCUT2D eigenvalue weighted by Gasteiger charge is -2.08. The van der Waals surface area contributed by atoms with E-state index >= 15 is 0 Å². The van der Waals surface area contributed by atoms with E-state index < -0.39 is 0 Å². The number of anilines is 2. The fraction of sp³-hybridized carbons (Fsp3) is 0.182. The third-order valence-corrected chi connectivity index (χ3v) is 4.55. The lowest BCUT2D eigenvalue weighted by molar-refractivity contribution is 0.964. The maximum absolute atomic E-state index is 4.67. The van der Waals surface area contributed by atoms with Gasteiger partial charge in [0.15, 0.2) is 17.5 Å². The minimum atomic E-state index is 0. The Balaban J connectivity index is 0.00000192. The highest BCUT2D eigenvalue weighted by Crippen LogP contribution is 2.39. The minimum absolute atomic E-state index is 0. The fourth-order valence-electron chi connectivity index (χ4n) is 2.98. The van der Waals surface area contributed by atoms with Gasteiger partial charge in [-0.2, -0.15) is 15.1 Å². The van der Waals surface area contributed by atoms with Gasteiger partial charge in [-0.3, -0.25) is 5.10 Å². The molecule has 0 unspecified atom stereocenters. The minimum Gasteiger partial charge on any atom is -0.307 e. The average Bonchev–Trinajstić information content (AvgIpc) is 3.48. The summed E-state index contributed by atoms with van der Waals surface area (Å²) in [5.41, 5.74) is 3.06. The molecule has 1 aliphatic rings. The standard InChI is InChI=1S/C21H18N6.CH4/c1-3-7-15(8-4-1)19-23-20(16-9-5-2-6-10-16)25-21(24-19)22-18-13-17(26-27-18)14-11-12-14;/h1-10,13-14H,11-12H2,(H2,22,23,24,25,26,27);1H4. The molecule has 6 nitrogen and oxygen atoms in total. The summed E-state index contributed by atoms with van der Waals surface area (Å²) in [5.74, 6) is 3.08. The van der Waals surface area contributed by atoms with Gasteiger partial charge >= 0.3 is 0 Å². The fourth-order valence-corrected chi connectivity index (χ4v) is 2.98. The van der Waals surface area contributed by atoms with E-state index in [2.05, 4.69) is 30.5 Å². The highest BCUT2D eigenvalue weighted by Gasteiger charge is 2.25. The number of aromatic nitrogens is 5. The van der Waals surface area contributed by atoms with E-state index in [-0.39, 0.29) is 7.43 Å². The van der Waals surface area contributed by atoms with Crippen LogP contribution in [0, 0.1) is 0 Å². The first-order valence-electron chi connectivity index (χ1n) is 9.04. The first kappa shape index (κ1) is 17.9. The smallest absolute Gasteiger partial charge is 0.232 e. The number of rotatable bonds is 5. The van der Waals surface area contributed by atoms with Crippen molar-refractivity contribution in [3.05, 3.63) is 72.4 Å². The molecule has 1 saturated carbocycles. The van der Waals surface area contributed by atoms with Crippen molar-refractivity contribution in [3.8, 4) is 22.8 Å². The molecule has 140 valence electrons. The van der Waals surface area contributed by atoms with Crippen molar-refractivity contribution in [1.82, 2.24) is 25.1 Å². The van der Waals surface area contributed by atoms with E-state index in [1.54, 1.807) is 0 Å². The molecule has 0 atom stereocenters. The van der Waals surface area contributed by atoms with Crippen LogP contribution < -0.4 is 5.32 Å². The molecule has 1 aliphatic carbocycles. The third-order valence-electron chi connectivity index (χ3n) is 4.55. The van der Waals surface area contributed by atoms with E-state index in [4.69, 9.17) is 0 Å². The Morgan fingerprint density at radius 3 is 1.89 bits per heavy atom. The molecule has 1 fully saturated rings. The van der Waals surface area contributed by atoms with E-state index in [1.807, 2.05) is 66.7 Å². The Labute approximate surface area is 164 Å². The van der Waals surface area contributed by atoms with E-state index in [0.717, 1.165) is 22.6 Å². The zero-order chi connectivity index (χ0) is 18.1. The number of benzene rings is 2. The molecule has 0 radical (unpaired) electrons. The van der Waals surface area contributed by atoms with Crippen LogP contribution in [0.2, 0.25) is 0 Å². The number of aromatic amines is 1. The molecule has 2 aromatic carbocycles. The second-order valence-electron chi connectivity index (χ2n) is 6.65. The Morgan fingerprint density at radius 2 is 1.36 bits per heavy atom. The first-order chi connectivity index (χ1) is 13.3. The van der Waals surface area contributed by atoms with Gasteiger partial charge in [-0.15, -0.1) is 0 Å². The van der Waals surface area contributed by atoms with Crippen LogP contribution in [0.3, 0.4) is 0 Å². The van der Waals surface area contributed by atoms with Crippen LogP contribution in [0.1, 0.15) is 31.9 Å². The van der Waals surface area contributed by atoms with Crippen molar-refractivity contribution < 1.29 is 0 Å². The maximum atomic E-state index is 4.67. The number of hydrogen-bond donors (Lipinski definition) is 2. The average molecular weight is 370 g/mol. The number of nitrogens with one attached hydrogen (secondary N) is 2. The molecule has 6 heteroatoms. The zero-order valence-electron chi connectivity index (χ0n) is 14.6. The molecule has 0 amide bonds. The lowest BCUT2D eigenvalue weighted by atomic mass is 10.2. The Hall–Kier alpha value is -3.54. The van der Waals surface area contributed by atoms with Gasteiger partial charge in [-0.1, -0.05) is 68.1 Å². The third kappa shape index (κ3) is 3.76. The van der Waals surface area contributed by atoms with Crippen LogP contribution >= 0.6 is 0 Å². The van der Waals surface area contributed by atoms with Crippen LogP contribution in [0.5, 0.6) is 0 Å². The molecule has 4 aromatic rings. The van der Waals surface area contributed by atoms with Crippen LogP contribution in [0.15, 0.2) is 66.7 Å². The molecular weight excluding hydrogens is 348 g/mol. The summed E-state index contributed by atoms with van der Waals surface area (Å²) in [6, 6.07) is 21.9. The number of hydrogen-bond acceptors (Lipinski definition) is 5. The normalized spacial score (nSPS) is 13.0. The van der Waals surface area contributed by atoms with Crippen molar-refractivity contribution in [1.29, 1.82) is 0 Å². The van der Waals surface area contributed by atoms with Gasteiger partial charge < -0.3 is 5.32 Å². The molecule has 0 aliphatic heterocycles. The molecule has 0 saturated heterocycles. The maximum Gasteiger partial charge on any atom is 0.232 e. The summed E-state index contributed by atoms with van der Waals surface area (Å²) >= 11 is 0. The number of nitrogens with zero attached hydrogens (tertiary/aromatic N) is 4. The monoisotopic (exact) mass is 370 g/mol. The molecular formula is C22H22N6. The summed E-state index contributed by atoms with van der Waals surface area (Å²) in [5, 5.41) is 10.7. The van der Waals surface area contributed by atoms with Crippen molar-refractivity contribution in [3.63, 3.8) is 0 Å². The molecule has 2 N–H and O–H groups in total. The molecule has 0 spiro atoms. The summed E-state index contributed by atoms with van der Waals surface area (Å²) in [6.07, 6.45) is 2.45. The predicted molar refractivity (Wildman–Crippen MR) is 111 cm³/mol. The summed E-state index contributed by atoms with van der Waals surface area (Å²) in [4.78, 5) is 13.9. The zero-order valence-corrected chi connectivity index (χ0v) is 14.6. The van der Waals surface area contributed by atoms with E-state index in [1.165, 1.54) is 12.8 Å². The summed E-state index contributed by atoms with van der Waals surface area (Å²) in [7, 11) is 0. The molecule has 2 heterocycles. The lowest BCUT2D eigenvalue weighted by Crippen LogP contribution is -2.03. The molecule has 2 aromatic heterocycles. The predicted octanol–water partition coefficient (Wildman–Crippen LogP) is 5.19. The number of H-pyrrole nitrogens is 1. The van der Waals surface area contributed by atoms with Gasteiger partial charge in [-0.25, -0.2) is 4.98 Å². The van der Waals surface area contributed by atoms with Gasteiger partial charge in [-0.05, 0) is 12.8 Å². The quantitative estimate of drug-likeness (QED) is 0.506. The molecule has 5 rings (SSSR count).